The highest BCUT2D eigenvalue weighted by Crippen LogP contribution is 2.32. The fourth-order valence-electron chi connectivity index (χ4n) is 2.28. The Morgan fingerprint density at radius 2 is 1.64 bits per heavy atom. The maximum atomic E-state index is 2.49. The molecule has 0 atom stereocenters. The summed E-state index contributed by atoms with van der Waals surface area (Å²) in [5, 5.41) is 0. The van der Waals surface area contributed by atoms with Gasteiger partial charge < -0.3 is 4.90 Å². The first-order chi connectivity index (χ1) is 6.41. The predicted molar refractivity (Wildman–Crippen MR) is 63.2 cm³/mol. The van der Waals surface area contributed by atoms with Crippen LogP contribution in [0.25, 0.3) is 0 Å². The molecule has 0 unspecified atom stereocenters. The Morgan fingerprint density at radius 3 is 2.00 bits per heavy atom. The van der Waals surface area contributed by atoms with E-state index in [1.165, 1.54) is 25.9 Å². The molecule has 82 valence electrons. The molecule has 1 rings (SSSR count). The summed E-state index contributed by atoms with van der Waals surface area (Å²) in [7, 11) is 0. The topological polar surface area (TPSA) is 3.24 Å². The molecule has 0 amide bonds. The Balaban J connectivity index is 2.75. The summed E-state index contributed by atoms with van der Waals surface area (Å²) < 4.78 is 0. The van der Waals surface area contributed by atoms with Crippen LogP contribution in [0.15, 0.2) is 11.8 Å². The lowest BCUT2D eigenvalue weighted by Crippen LogP contribution is -2.20. The zero-order valence-electron chi connectivity index (χ0n) is 10.4. The molecular formula is C13H25N. The van der Waals surface area contributed by atoms with E-state index in [1.807, 2.05) is 0 Å². The van der Waals surface area contributed by atoms with Crippen molar-refractivity contribution in [3.05, 3.63) is 11.8 Å². The van der Waals surface area contributed by atoms with E-state index in [0.29, 0.717) is 11.3 Å². The molecule has 1 heteroatoms. The average molecular weight is 195 g/mol. The molecule has 0 aromatic heterocycles. The maximum absolute atomic E-state index is 2.49. The molecule has 0 aliphatic carbocycles. The van der Waals surface area contributed by atoms with Crippen LogP contribution >= 0.6 is 0 Å². The minimum absolute atomic E-state index is 0.316. The minimum atomic E-state index is 0.316. The molecule has 1 aliphatic rings. The first kappa shape index (κ1) is 11.6. The van der Waals surface area contributed by atoms with Crippen LogP contribution in [0.2, 0.25) is 0 Å². The van der Waals surface area contributed by atoms with Gasteiger partial charge in [0, 0.05) is 13.1 Å². The molecular weight excluding hydrogens is 170 g/mol. The third-order valence-corrected chi connectivity index (χ3v) is 2.95. The normalized spacial score (nSPS) is 19.6. The summed E-state index contributed by atoms with van der Waals surface area (Å²) in [6.07, 6.45) is 5.15. The van der Waals surface area contributed by atoms with Crippen LogP contribution in [0.4, 0.5) is 0 Å². The summed E-state index contributed by atoms with van der Waals surface area (Å²) >= 11 is 0. The molecule has 1 aliphatic heterocycles. The molecule has 0 saturated carbocycles. The number of allylic oxidation sites excluding steroid dienone is 1. The molecule has 1 heterocycles. The van der Waals surface area contributed by atoms with Gasteiger partial charge in [-0.1, -0.05) is 34.6 Å². The fourth-order valence-corrected chi connectivity index (χ4v) is 2.28. The number of rotatable bonds is 2. The molecule has 0 radical (unpaired) electrons. The van der Waals surface area contributed by atoms with E-state index >= 15 is 0 Å². The Kier molecular flexibility index (Phi) is 3.63. The van der Waals surface area contributed by atoms with Crippen molar-refractivity contribution in [2.75, 3.05) is 13.1 Å². The van der Waals surface area contributed by atoms with Gasteiger partial charge in [0.25, 0.3) is 0 Å². The van der Waals surface area contributed by atoms with Crippen LogP contribution in [0.5, 0.6) is 0 Å². The van der Waals surface area contributed by atoms with Crippen LogP contribution in [0, 0.1) is 11.3 Å². The number of hydrogen-bond donors (Lipinski definition) is 0. The van der Waals surface area contributed by atoms with Crippen LogP contribution in [-0.4, -0.2) is 18.0 Å². The van der Waals surface area contributed by atoms with E-state index in [1.54, 1.807) is 5.57 Å². The zero-order chi connectivity index (χ0) is 10.8. The van der Waals surface area contributed by atoms with Crippen LogP contribution in [0.3, 0.4) is 0 Å². The van der Waals surface area contributed by atoms with Crippen LogP contribution in [-0.2, 0) is 0 Å². The van der Waals surface area contributed by atoms with Crippen molar-refractivity contribution in [2.24, 2.45) is 11.3 Å². The van der Waals surface area contributed by atoms with Crippen molar-refractivity contribution in [1.29, 1.82) is 0 Å². The van der Waals surface area contributed by atoms with Gasteiger partial charge >= 0.3 is 0 Å². The van der Waals surface area contributed by atoms with Crippen molar-refractivity contribution in [1.82, 2.24) is 4.90 Å². The van der Waals surface area contributed by atoms with Gasteiger partial charge in [-0.15, -0.1) is 0 Å². The molecule has 0 N–H and O–H groups in total. The van der Waals surface area contributed by atoms with Gasteiger partial charge in [0.15, 0.2) is 0 Å². The zero-order valence-corrected chi connectivity index (χ0v) is 10.4. The third-order valence-electron chi connectivity index (χ3n) is 2.95. The smallest absolute Gasteiger partial charge is 0.0173 e. The highest BCUT2D eigenvalue weighted by molar-refractivity contribution is 5.13. The standard InChI is InChI=1S/C13H25N/c1-11(2)12(13(3,4)5)10-14-8-6-7-9-14/h10-11H,6-9H2,1-5H3/b12-10+. The predicted octanol–water partition coefficient (Wildman–Crippen LogP) is 3.67. The van der Waals surface area contributed by atoms with Gasteiger partial charge in [0.05, 0.1) is 0 Å². The van der Waals surface area contributed by atoms with Crippen molar-refractivity contribution in [3.8, 4) is 0 Å². The molecule has 0 aromatic carbocycles. The SMILES string of the molecule is CC(C)/C(=C\N1CCCC1)C(C)(C)C. The Bertz CT molecular complexity index is 202. The van der Waals surface area contributed by atoms with Gasteiger partial charge in [-0.2, -0.15) is 0 Å². The number of likely N-dealkylation sites (tertiary alicyclic amines) is 1. The van der Waals surface area contributed by atoms with Crippen LogP contribution in [0.1, 0.15) is 47.5 Å². The van der Waals surface area contributed by atoms with Crippen molar-refractivity contribution >= 4 is 0 Å². The lowest BCUT2D eigenvalue weighted by atomic mass is 9.80. The van der Waals surface area contributed by atoms with E-state index < -0.39 is 0 Å². The van der Waals surface area contributed by atoms with E-state index in [2.05, 4.69) is 45.7 Å². The Hall–Kier alpha value is -0.460. The fraction of sp³-hybridized carbons (Fsp3) is 0.846. The largest absolute Gasteiger partial charge is 0.377 e. The summed E-state index contributed by atoms with van der Waals surface area (Å²) in [5.74, 6) is 0.663. The first-order valence-electron chi connectivity index (χ1n) is 5.87. The highest BCUT2D eigenvalue weighted by atomic mass is 15.1. The van der Waals surface area contributed by atoms with Gasteiger partial charge in [-0.05, 0) is 35.9 Å². The summed E-state index contributed by atoms with van der Waals surface area (Å²) in [4.78, 5) is 2.49. The Morgan fingerprint density at radius 1 is 1.14 bits per heavy atom. The van der Waals surface area contributed by atoms with Gasteiger partial charge in [0.2, 0.25) is 0 Å². The molecule has 0 bridgehead atoms. The lowest BCUT2D eigenvalue weighted by molar-refractivity contribution is 0.401. The Labute approximate surface area is 89.2 Å². The summed E-state index contributed by atoms with van der Waals surface area (Å²) in [6.45, 7) is 14.1. The van der Waals surface area contributed by atoms with Crippen LogP contribution < -0.4 is 0 Å². The van der Waals surface area contributed by atoms with E-state index in [0.717, 1.165) is 0 Å². The molecule has 1 saturated heterocycles. The van der Waals surface area contributed by atoms with Gasteiger partial charge in [-0.25, -0.2) is 0 Å². The molecule has 0 spiro atoms. The first-order valence-corrected chi connectivity index (χ1v) is 5.87. The van der Waals surface area contributed by atoms with Crippen molar-refractivity contribution in [2.45, 2.75) is 47.5 Å². The number of hydrogen-bond acceptors (Lipinski definition) is 1. The molecule has 14 heavy (non-hydrogen) atoms. The monoisotopic (exact) mass is 195 g/mol. The molecule has 1 fully saturated rings. The number of nitrogens with zero attached hydrogens (tertiary/aromatic N) is 1. The van der Waals surface area contributed by atoms with E-state index in [-0.39, 0.29) is 0 Å². The molecule has 0 aromatic rings. The van der Waals surface area contributed by atoms with E-state index in [4.69, 9.17) is 0 Å². The summed E-state index contributed by atoms with van der Waals surface area (Å²) in [6, 6.07) is 0. The second-order valence-electron chi connectivity index (χ2n) is 5.73. The molecule has 1 nitrogen and oxygen atoms in total. The highest BCUT2D eigenvalue weighted by Gasteiger charge is 2.21. The lowest BCUT2D eigenvalue weighted by Gasteiger charge is -2.28. The van der Waals surface area contributed by atoms with Crippen molar-refractivity contribution < 1.29 is 0 Å². The van der Waals surface area contributed by atoms with Gasteiger partial charge in [0.1, 0.15) is 0 Å². The van der Waals surface area contributed by atoms with Gasteiger partial charge in [-0.3, -0.25) is 0 Å². The summed E-state index contributed by atoms with van der Waals surface area (Å²) in [5.41, 5.74) is 1.90. The average Bonchev–Trinajstić information content (AvgIpc) is 2.48. The quantitative estimate of drug-likeness (QED) is 0.650. The second-order valence-corrected chi connectivity index (χ2v) is 5.73. The maximum Gasteiger partial charge on any atom is 0.0173 e. The van der Waals surface area contributed by atoms with E-state index in [9.17, 15) is 0 Å². The minimum Gasteiger partial charge on any atom is -0.377 e. The van der Waals surface area contributed by atoms with Crippen molar-refractivity contribution in [3.63, 3.8) is 0 Å². The second kappa shape index (κ2) is 4.37. The third kappa shape index (κ3) is 3.04.